The van der Waals surface area contributed by atoms with Crippen molar-refractivity contribution < 1.29 is 9.59 Å². The zero-order chi connectivity index (χ0) is 27.2. The second-order valence-electron chi connectivity index (χ2n) is 9.65. The number of benzene rings is 2. The third-order valence-corrected chi connectivity index (χ3v) is 7.26. The molecule has 3 aromatic rings. The summed E-state index contributed by atoms with van der Waals surface area (Å²) >= 11 is 6.00. The van der Waals surface area contributed by atoms with Crippen LogP contribution in [-0.4, -0.2) is 27.8 Å². The number of nitrogens with one attached hydrogen (secondary N) is 2. The lowest BCUT2D eigenvalue weighted by Gasteiger charge is -2.45. The Bertz CT molecular complexity index is 1290. The first-order chi connectivity index (χ1) is 18.3. The molecule has 2 unspecified atom stereocenters. The lowest BCUT2D eigenvalue weighted by molar-refractivity contribution is -0.117. The molecule has 2 amide bonds. The van der Waals surface area contributed by atoms with Crippen molar-refractivity contribution in [3.05, 3.63) is 78.1 Å². The van der Waals surface area contributed by atoms with Crippen LogP contribution < -0.4 is 15.5 Å². The van der Waals surface area contributed by atoms with Gasteiger partial charge in [-0.25, -0.2) is 9.97 Å². The second kappa shape index (κ2) is 12.2. The number of allylic oxidation sites excluding steroid dienone is 1. The van der Waals surface area contributed by atoms with Crippen molar-refractivity contribution in [2.45, 2.75) is 58.5 Å². The molecule has 0 radical (unpaired) electrons. The van der Waals surface area contributed by atoms with Crippen molar-refractivity contribution in [3.63, 3.8) is 0 Å². The van der Waals surface area contributed by atoms with Crippen molar-refractivity contribution >= 4 is 40.7 Å². The first kappa shape index (κ1) is 27.3. The van der Waals surface area contributed by atoms with Crippen molar-refractivity contribution in [2.75, 3.05) is 15.5 Å². The Balaban J connectivity index is 1.65. The third kappa shape index (κ3) is 6.05. The Kier molecular flexibility index (Phi) is 8.79. The molecule has 2 heterocycles. The lowest BCUT2D eigenvalue weighted by Crippen LogP contribution is -2.49. The molecule has 1 aromatic heterocycles. The molecule has 0 saturated carbocycles. The van der Waals surface area contributed by atoms with Crippen LogP contribution in [0.25, 0.3) is 11.1 Å². The first-order valence-electron chi connectivity index (χ1n) is 13.0. The van der Waals surface area contributed by atoms with E-state index >= 15 is 0 Å². The number of fused-ring (bicyclic) bond motifs is 1. The molecule has 8 heteroatoms. The number of amides is 2. The Labute approximate surface area is 229 Å². The maximum absolute atomic E-state index is 12.8. The third-order valence-electron chi connectivity index (χ3n) is 7.06. The normalized spacial score (nSPS) is 18.4. The zero-order valence-electron chi connectivity index (χ0n) is 22.1. The second-order valence-corrected chi connectivity index (χ2v) is 10.1. The number of hydrogen-bond donors (Lipinski definition) is 2. The molecule has 2 N–H and O–H groups in total. The van der Waals surface area contributed by atoms with Gasteiger partial charge in [-0.05, 0) is 60.2 Å². The highest BCUT2D eigenvalue weighted by atomic mass is 35.5. The summed E-state index contributed by atoms with van der Waals surface area (Å²) in [6.45, 7) is 9.57. The van der Waals surface area contributed by atoms with Gasteiger partial charge in [-0.2, -0.15) is 0 Å². The average molecular weight is 532 g/mol. The van der Waals surface area contributed by atoms with E-state index in [0.29, 0.717) is 17.4 Å². The summed E-state index contributed by atoms with van der Waals surface area (Å²) in [6, 6.07) is 13.9. The van der Waals surface area contributed by atoms with Crippen LogP contribution in [0.15, 0.2) is 67.5 Å². The standard InChI is InChI=1S/C30H34ClN5O2/c1-5-7-8-9-28(38)34-24-13-10-21(11-14-24)22-12-15-27-25(16-22)29(35-30-32-17-23(31)18-33-30)19(3)26(6-2)36(27)20(4)37/h5,10-19,26,29H,1,6-9H2,2-4H3,(H,34,38)(H,32,33,35)/t19-,26?,29?/m1/s1. The average Bonchev–Trinajstić information content (AvgIpc) is 2.91. The molecule has 0 aliphatic carbocycles. The van der Waals surface area contributed by atoms with E-state index in [0.717, 1.165) is 47.3 Å². The molecule has 1 aliphatic rings. The number of unbranched alkanes of at least 4 members (excludes halogenated alkanes) is 1. The van der Waals surface area contributed by atoms with Crippen molar-refractivity contribution in [2.24, 2.45) is 5.92 Å². The minimum Gasteiger partial charge on any atom is -0.347 e. The van der Waals surface area contributed by atoms with Crippen molar-refractivity contribution in [3.8, 4) is 11.1 Å². The molecule has 7 nitrogen and oxygen atoms in total. The predicted molar refractivity (Wildman–Crippen MR) is 154 cm³/mol. The fourth-order valence-electron chi connectivity index (χ4n) is 5.19. The first-order valence-corrected chi connectivity index (χ1v) is 13.4. The Morgan fingerprint density at radius 3 is 2.42 bits per heavy atom. The summed E-state index contributed by atoms with van der Waals surface area (Å²) in [6.07, 6.45) is 7.86. The van der Waals surface area contributed by atoms with Crippen LogP contribution in [0.3, 0.4) is 0 Å². The number of rotatable bonds is 9. The predicted octanol–water partition coefficient (Wildman–Crippen LogP) is 7.03. The number of carbonyl (C=O) groups excluding carboxylic acids is 2. The van der Waals surface area contributed by atoms with Crippen LogP contribution >= 0.6 is 11.6 Å². The highest BCUT2D eigenvalue weighted by molar-refractivity contribution is 6.30. The molecule has 2 aromatic carbocycles. The van der Waals surface area contributed by atoms with E-state index < -0.39 is 0 Å². The van der Waals surface area contributed by atoms with Crippen LogP contribution in [-0.2, 0) is 9.59 Å². The zero-order valence-corrected chi connectivity index (χ0v) is 22.8. The van der Waals surface area contributed by atoms with Crippen LogP contribution in [0, 0.1) is 5.92 Å². The summed E-state index contributed by atoms with van der Waals surface area (Å²) < 4.78 is 0. The number of aromatic nitrogens is 2. The molecule has 0 spiro atoms. The van der Waals surface area contributed by atoms with E-state index in [-0.39, 0.29) is 29.8 Å². The van der Waals surface area contributed by atoms with Crippen LogP contribution in [0.1, 0.15) is 58.1 Å². The molecular weight excluding hydrogens is 498 g/mol. The fourth-order valence-corrected chi connectivity index (χ4v) is 5.29. The number of nitrogens with zero attached hydrogens (tertiary/aromatic N) is 3. The Hall–Kier alpha value is -3.71. The Morgan fingerprint density at radius 2 is 1.79 bits per heavy atom. The quantitative estimate of drug-likeness (QED) is 0.229. The van der Waals surface area contributed by atoms with Gasteiger partial charge < -0.3 is 15.5 Å². The molecule has 1 aliphatic heterocycles. The molecule has 4 rings (SSSR count). The highest BCUT2D eigenvalue weighted by Gasteiger charge is 2.40. The van der Waals surface area contributed by atoms with Gasteiger partial charge in [-0.15, -0.1) is 6.58 Å². The van der Waals surface area contributed by atoms with E-state index in [1.54, 1.807) is 19.3 Å². The molecule has 3 atom stereocenters. The number of anilines is 3. The van der Waals surface area contributed by atoms with Gasteiger partial charge >= 0.3 is 0 Å². The molecular formula is C30H34ClN5O2. The molecule has 0 saturated heterocycles. The van der Waals surface area contributed by atoms with Crippen LogP contribution in [0.2, 0.25) is 5.02 Å². The summed E-state index contributed by atoms with van der Waals surface area (Å²) in [5, 5.41) is 6.92. The maximum Gasteiger partial charge on any atom is 0.224 e. The number of hydrogen-bond acceptors (Lipinski definition) is 5. The molecule has 0 fully saturated rings. The number of carbonyl (C=O) groups is 2. The topological polar surface area (TPSA) is 87.2 Å². The lowest BCUT2D eigenvalue weighted by atomic mass is 9.80. The van der Waals surface area contributed by atoms with Gasteiger partial charge in [-0.1, -0.05) is 49.7 Å². The van der Waals surface area contributed by atoms with Gasteiger partial charge in [0.05, 0.1) is 23.5 Å². The Morgan fingerprint density at radius 1 is 1.11 bits per heavy atom. The van der Waals surface area contributed by atoms with Gasteiger partial charge in [0.1, 0.15) is 0 Å². The van der Waals surface area contributed by atoms with E-state index in [9.17, 15) is 9.59 Å². The van der Waals surface area contributed by atoms with Gasteiger partial charge in [0.25, 0.3) is 0 Å². The fraction of sp³-hybridized carbons (Fsp3) is 0.333. The monoisotopic (exact) mass is 531 g/mol. The van der Waals surface area contributed by atoms with Gasteiger partial charge in [0, 0.05) is 36.7 Å². The van der Waals surface area contributed by atoms with Crippen LogP contribution in [0.5, 0.6) is 0 Å². The van der Waals surface area contributed by atoms with E-state index in [1.807, 2.05) is 47.4 Å². The van der Waals surface area contributed by atoms with Crippen molar-refractivity contribution in [1.29, 1.82) is 0 Å². The largest absolute Gasteiger partial charge is 0.347 e. The smallest absolute Gasteiger partial charge is 0.224 e. The summed E-state index contributed by atoms with van der Waals surface area (Å²) in [7, 11) is 0. The van der Waals surface area contributed by atoms with E-state index in [2.05, 4.69) is 47.1 Å². The SMILES string of the molecule is C=CCCCC(=O)Nc1ccc(-c2ccc3c(c2)C(Nc2ncc(Cl)cn2)[C@H](C)C(CC)N3C(C)=O)cc1. The number of halogens is 1. The van der Waals surface area contributed by atoms with Gasteiger partial charge in [0.2, 0.25) is 17.8 Å². The summed E-state index contributed by atoms with van der Waals surface area (Å²) in [5.74, 6) is 0.606. The summed E-state index contributed by atoms with van der Waals surface area (Å²) in [4.78, 5) is 35.6. The van der Waals surface area contributed by atoms with Crippen molar-refractivity contribution in [1.82, 2.24) is 9.97 Å². The van der Waals surface area contributed by atoms with Gasteiger partial charge in [0.15, 0.2) is 0 Å². The maximum atomic E-state index is 12.8. The minimum atomic E-state index is -0.110. The van der Waals surface area contributed by atoms with Gasteiger partial charge in [-0.3, -0.25) is 9.59 Å². The van der Waals surface area contributed by atoms with E-state index in [4.69, 9.17) is 11.6 Å². The van der Waals surface area contributed by atoms with E-state index in [1.165, 1.54) is 0 Å². The summed E-state index contributed by atoms with van der Waals surface area (Å²) in [5.41, 5.74) is 4.69. The molecule has 38 heavy (non-hydrogen) atoms. The molecule has 0 bridgehead atoms. The molecule has 198 valence electrons. The minimum absolute atomic E-state index is 0.00416. The van der Waals surface area contributed by atoms with Crippen LogP contribution in [0.4, 0.5) is 17.3 Å². The highest BCUT2D eigenvalue weighted by Crippen LogP contribution is 2.44.